The molecule has 0 spiro atoms. The summed E-state index contributed by atoms with van der Waals surface area (Å²) in [5.41, 5.74) is 1.79. The molecule has 1 aromatic rings. The number of quaternary nitrogens is 1. The van der Waals surface area contributed by atoms with E-state index in [0.717, 1.165) is 4.48 Å². The Balaban J connectivity index is 2.24. The third kappa shape index (κ3) is 10.1. The lowest BCUT2D eigenvalue weighted by molar-refractivity contribution is -0.951. The molecule has 0 aromatic heterocycles. The molecule has 0 saturated heterocycles. The van der Waals surface area contributed by atoms with Crippen LogP contribution >= 0.6 is 0 Å². The lowest BCUT2D eigenvalue weighted by atomic mass is 9.79. The van der Waals surface area contributed by atoms with Crippen molar-refractivity contribution in [1.29, 1.82) is 0 Å². The molecule has 0 N–H and O–H groups in total. The van der Waals surface area contributed by atoms with E-state index in [4.69, 9.17) is 0 Å². The molecule has 0 aliphatic carbocycles. The molecule has 0 heterocycles. The summed E-state index contributed by atoms with van der Waals surface area (Å²) >= 11 is 0. The van der Waals surface area contributed by atoms with E-state index in [2.05, 4.69) is 65.2 Å². The van der Waals surface area contributed by atoms with E-state index in [1.54, 1.807) is 0 Å². The molecule has 180 valence electrons. The SMILES string of the molecule is CCCCCCCCCCCCCCCC[N+](C)(C)C(CC)(CCC)c1ccccc1. The lowest BCUT2D eigenvalue weighted by Gasteiger charge is -2.49. The molecule has 0 saturated carbocycles. The third-order valence-electron chi connectivity index (χ3n) is 7.79. The molecule has 0 bridgehead atoms. The highest BCUT2D eigenvalue weighted by Crippen LogP contribution is 2.40. The molecular weight excluding hydrogens is 374 g/mol. The zero-order valence-electron chi connectivity index (χ0n) is 22.1. The van der Waals surface area contributed by atoms with E-state index in [9.17, 15) is 0 Å². The van der Waals surface area contributed by atoms with Crippen molar-refractivity contribution in [3.63, 3.8) is 0 Å². The van der Waals surface area contributed by atoms with Gasteiger partial charge in [0.15, 0.2) is 0 Å². The molecule has 31 heavy (non-hydrogen) atoms. The minimum Gasteiger partial charge on any atom is -0.320 e. The van der Waals surface area contributed by atoms with Crippen molar-refractivity contribution in [2.75, 3.05) is 20.6 Å². The van der Waals surface area contributed by atoms with Gasteiger partial charge in [-0.2, -0.15) is 0 Å². The topological polar surface area (TPSA) is 0 Å². The van der Waals surface area contributed by atoms with Gasteiger partial charge in [0.2, 0.25) is 0 Å². The maximum absolute atomic E-state index is 2.48. The monoisotopic (exact) mass is 430 g/mol. The second-order valence-electron chi connectivity index (χ2n) is 10.5. The standard InChI is InChI=1S/C30H56N/c1-6-9-10-11-12-13-14-15-16-17-18-19-20-24-28-31(4,5)30(8-3,27-7-2)29-25-22-21-23-26-29/h21-23,25-26H,6-20,24,27-28H2,1-5H3/q+1. The number of hydrogen-bond acceptors (Lipinski definition) is 0. The molecule has 0 radical (unpaired) electrons. The van der Waals surface area contributed by atoms with Crippen LogP contribution in [-0.4, -0.2) is 25.1 Å². The van der Waals surface area contributed by atoms with Crippen LogP contribution < -0.4 is 0 Å². The number of hydrogen-bond donors (Lipinski definition) is 0. The van der Waals surface area contributed by atoms with Gasteiger partial charge < -0.3 is 4.48 Å². The molecule has 1 heteroatoms. The van der Waals surface area contributed by atoms with E-state index in [1.165, 1.54) is 121 Å². The van der Waals surface area contributed by atoms with E-state index in [-0.39, 0.29) is 5.54 Å². The summed E-state index contributed by atoms with van der Waals surface area (Å²) in [5.74, 6) is 0. The highest BCUT2D eigenvalue weighted by molar-refractivity contribution is 5.22. The predicted octanol–water partition coefficient (Wildman–Crippen LogP) is 9.65. The largest absolute Gasteiger partial charge is 0.320 e. The second-order valence-corrected chi connectivity index (χ2v) is 10.5. The summed E-state index contributed by atoms with van der Waals surface area (Å²) in [5, 5.41) is 0. The number of unbranched alkanes of at least 4 members (excludes halogenated alkanes) is 13. The number of nitrogens with zero attached hydrogens (tertiary/aromatic N) is 1. The minimum atomic E-state index is 0.256. The highest BCUT2D eigenvalue weighted by Gasteiger charge is 2.44. The first-order chi connectivity index (χ1) is 15.0. The summed E-state index contributed by atoms with van der Waals surface area (Å²) in [7, 11) is 4.96. The zero-order chi connectivity index (χ0) is 22.8. The van der Waals surface area contributed by atoms with Gasteiger partial charge in [0.25, 0.3) is 0 Å². The van der Waals surface area contributed by atoms with Crippen molar-refractivity contribution in [3.05, 3.63) is 35.9 Å². The van der Waals surface area contributed by atoms with Crippen LogP contribution in [0.3, 0.4) is 0 Å². The van der Waals surface area contributed by atoms with Crippen LogP contribution in [0.2, 0.25) is 0 Å². The Morgan fingerprint density at radius 2 is 1.03 bits per heavy atom. The highest BCUT2D eigenvalue weighted by atomic mass is 15.4. The van der Waals surface area contributed by atoms with Crippen LogP contribution in [0, 0.1) is 0 Å². The first-order valence-corrected chi connectivity index (χ1v) is 13.9. The number of benzene rings is 1. The van der Waals surface area contributed by atoms with E-state index in [1.807, 2.05) is 0 Å². The smallest absolute Gasteiger partial charge is 0.124 e. The van der Waals surface area contributed by atoms with Crippen LogP contribution in [0.25, 0.3) is 0 Å². The summed E-state index contributed by atoms with van der Waals surface area (Å²) in [4.78, 5) is 0. The Labute approximate surface area is 196 Å². The molecular formula is C30H56N+. The summed E-state index contributed by atoms with van der Waals surface area (Å²) in [6.45, 7) is 8.34. The van der Waals surface area contributed by atoms with Crippen molar-refractivity contribution in [2.24, 2.45) is 0 Å². The molecule has 1 rings (SSSR count). The van der Waals surface area contributed by atoms with Crippen molar-refractivity contribution in [3.8, 4) is 0 Å². The maximum Gasteiger partial charge on any atom is 0.124 e. The van der Waals surface area contributed by atoms with Crippen molar-refractivity contribution in [1.82, 2.24) is 0 Å². The van der Waals surface area contributed by atoms with Crippen molar-refractivity contribution < 1.29 is 4.48 Å². The van der Waals surface area contributed by atoms with Gasteiger partial charge in [-0.1, -0.05) is 128 Å². The quantitative estimate of drug-likeness (QED) is 0.143. The van der Waals surface area contributed by atoms with Crippen LogP contribution in [0.5, 0.6) is 0 Å². The van der Waals surface area contributed by atoms with Crippen LogP contribution in [-0.2, 0) is 5.54 Å². The van der Waals surface area contributed by atoms with Gasteiger partial charge in [0, 0.05) is 18.4 Å². The van der Waals surface area contributed by atoms with Gasteiger partial charge in [-0.15, -0.1) is 0 Å². The Kier molecular flexibility index (Phi) is 15.3. The number of rotatable bonds is 20. The molecule has 1 atom stereocenters. The summed E-state index contributed by atoms with van der Waals surface area (Å²) in [6, 6.07) is 11.3. The zero-order valence-corrected chi connectivity index (χ0v) is 22.1. The van der Waals surface area contributed by atoms with Crippen molar-refractivity contribution in [2.45, 2.75) is 135 Å². The van der Waals surface area contributed by atoms with Crippen molar-refractivity contribution >= 4 is 0 Å². The van der Waals surface area contributed by atoms with E-state index in [0.29, 0.717) is 0 Å². The lowest BCUT2D eigenvalue weighted by Crippen LogP contribution is -2.57. The predicted molar refractivity (Wildman–Crippen MR) is 141 cm³/mol. The van der Waals surface area contributed by atoms with Gasteiger partial charge in [-0.05, 0) is 19.3 Å². The molecule has 1 aromatic carbocycles. The second kappa shape index (κ2) is 16.8. The van der Waals surface area contributed by atoms with E-state index < -0.39 is 0 Å². The first kappa shape index (κ1) is 28.2. The minimum absolute atomic E-state index is 0.256. The van der Waals surface area contributed by atoms with Gasteiger partial charge in [-0.25, -0.2) is 0 Å². The van der Waals surface area contributed by atoms with E-state index >= 15 is 0 Å². The Hall–Kier alpha value is -0.820. The molecule has 1 unspecified atom stereocenters. The van der Waals surface area contributed by atoms with Gasteiger partial charge in [-0.3, -0.25) is 0 Å². The fourth-order valence-electron chi connectivity index (χ4n) is 5.68. The van der Waals surface area contributed by atoms with Crippen LogP contribution in [0.1, 0.15) is 135 Å². The first-order valence-electron chi connectivity index (χ1n) is 13.9. The summed E-state index contributed by atoms with van der Waals surface area (Å²) in [6.07, 6.45) is 23.9. The maximum atomic E-state index is 2.48. The molecule has 0 aliphatic heterocycles. The normalized spacial score (nSPS) is 14.0. The van der Waals surface area contributed by atoms with Gasteiger partial charge in [0.1, 0.15) is 5.54 Å². The third-order valence-corrected chi connectivity index (χ3v) is 7.79. The molecule has 0 amide bonds. The Morgan fingerprint density at radius 3 is 1.45 bits per heavy atom. The average Bonchev–Trinajstić information content (AvgIpc) is 2.78. The molecule has 0 aliphatic rings. The fourth-order valence-corrected chi connectivity index (χ4v) is 5.68. The fraction of sp³-hybridized carbons (Fsp3) is 0.800. The average molecular weight is 431 g/mol. The Morgan fingerprint density at radius 1 is 0.581 bits per heavy atom. The Bertz CT molecular complexity index is 520. The van der Waals surface area contributed by atoms with Gasteiger partial charge >= 0.3 is 0 Å². The summed E-state index contributed by atoms with van der Waals surface area (Å²) < 4.78 is 1.12. The molecule has 0 fully saturated rings. The molecule has 1 nitrogen and oxygen atoms in total. The van der Waals surface area contributed by atoms with Gasteiger partial charge in [0.05, 0.1) is 20.6 Å². The van der Waals surface area contributed by atoms with Crippen LogP contribution in [0.4, 0.5) is 0 Å². The van der Waals surface area contributed by atoms with Crippen LogP contribution in [0.15, 0.2) is 30.3 Å².